The van der Waals surface area contributed by atoms with Crippen LogP contribution in [0.5, 0.6) is 5.75 Å². The van der Waals surface area contributed by atoms with Crippen molar-refractivity contribution in [1.29, 1.82) is 0 Å². The molecule has 0 aliphatic heterocycles. The number of amides is 1. The second-order valence-electron chi connectivity index (χ2n) is 4.35. The quantitative estimate of drug-likeness (QED) is 0.383. The van der Waals surface area contributed by atoms with Crippen molar-refractivity contribution in [1.82, 2.24) is 5.43 Å². The lowest BCUT2D eigenvalue weighted by Gasteiger charge is -2.04. The van der Waals surface area contributed by atoms with Crippen LogP contribution in [0.15, 0.2) is 53.6 Å². The molecule has 0 radical (unpaired) electrons. The summed E-state index contributed by atoms with van der Waals surface area (Å²) in [6, 6.07) is 14.0. The lowest BCUT2D eigenvalue weighted by molar-refractivity contribution is 0.0956. The van der Waals surface area contributed by atoms with Crippen molar-refractivity contribution in [2.75, 3.05) is 12.3 Å². The van der Waals surface area contributed by atoms with E-state index in [-0.39, 0.29) is 12.5 Å². The van der Waals surface area contributed by atoms with E-state index in [4.69, 9.17) is 16.9 Å². The number of terminal acetylenes is 1. The summed E-state index contributed by atoms with van der Waals surface area (Å²) in [5.74, 6) is 2.67. The van der Waals surface area contributed by atoms with Crippen molar-refractivity contribution in [3.8, 4) is 18.1 Å². The SMILES string of the molecule is C#CCOc1cccc(/C=N/NC(=O)c2ccccc2N)c1. The van der Waals surface area contributed by atoms with E-state index in [1.807, 2.05) is 12.1 Å². The predicted octanol–water partition coefficient (Wildman–Crippen LogP) is 2.04. The van der Waals surface area contributed by atoms with Gasteiger partial charge in [-0.05, 0) is 29.8 Å². The molecule has 5 heteroatoms. The van der Waals surface area contributed by atoms with Crippen molar-refractivity contribution < 1.29 is 9.53 Å². The van der Waals surface area contributed by atoms with Crippen LogP contribution < -0.4 is 15.9 Å². The van der Waals surface area contributed by atoms with Crippen LogP contribution in [0.4, 0.5) is 5.69 Å². The highest BCUT2D eigenvalue weighted by Crippen LogP contribution is 2.12. The fourth-order valence-electron chi connectivity index (χ4n) is 1.74. The van der Waals surface area contributed by atoms with Gasteiger partial charge in [-0.1, -0.05) is 30.2 Å². The van der Waals surface area contributed by atoms with E-state index < -0.39 is 0 Å². The maximum Gasteiger partial charge on any atom is 0.273 e. The van der Waals surface area contributed by atoms with Crippen LogP contribution in [0.3, 0.4) is 0 Å². The van der Waals surface area contributed by atoms with Gasteiger partial charge in [0.2, 0.25) is 0 Å². The number of benzene rings is 2. The molecule has 2 aromatic carbocycles. The molecule has 110 valence electrons. The minimum atomic E-state index is -0.367. The van der Waals surface area contributed by atoms with Crippen LogP contribution in [0, 0.1) is 12.3 Å². The average molecular weight is 293 g/mol. The van der Waals surface area contributed by atoms with Crippen LogP contribution in [0.25, 0.3) is 0 Å². The van der Waals surface area contributed by atoms with Gasteiger partial charge in [0.1, 0.15) is 12.4 Å². The molecule has 0 saturated carbocycles. The summed E-state index contributed by atoms with van der Waals surface area (Å²) in [6.45, 7) is 0.199. The van der Waals surface area contributed by atoms with Crippen molar-refractivity contribution in [2.24, 2.45) is 5.10 Å². The minimum Gasteiger partial charge on any atom is -0.481 e. The number of nitrogen functional groups attached to an aromatic ring is 1. The average Bonchev–Trinajstić information content (AvgIpc) is 2.53. The lowest BCUT2D eigenvalue weighted by Crippen LogP contribution is -2.18. The van der Waals surface area contributed by atoms with Crippen LogP contribution in [-0.2, 0) is 0 Å². The number of ether oxygens (including phenoxy) is 1. The van der Waals surface area contributed by atoms with Crippen LogP contribution in [-0.4, -0.2) is 18.7 Å². The van der Waals surface area contributed by atoms with Gasteiger partial charge in [-0.3, -0.25) is 4.79 Å². The summed E-state index contributed by atoms with van der Waals surface area (Å²) < 4.78 is 5.31. The molecule has 0 aliphatic carbocycles. The Hall–Kier alpha value is -3.26. The molecule has 3 N–H and O–H groups in total. The van der Waals surface area contributed by atoms with E-state index in [0.29, 0.717) is 17.0 Å². The van der Waals surface area contributed by atoms with Gasteiger partial charge in [-0.15, -0.1) is 6.42 Å². The van der Waals surface area contributed by atoms with Gasteiger partial charge in [0.25, 0.3) is 5.91 Å². The number of hydrogen-bond donors (Lipinski definition) is 2. The van der Waals surface area contributed by atoms with Gasteiger partial charge in [0.15, 0.2) is 0 Å². The number of hydrogen-bond acceptors (Lipinski definition) is 4. The molecular weight excluding hydrogens is 278 g/mol. The summed E-state index contributed by atoms with van der Waals surface area (Å²) in [5.41, 5.74) is 9.71. The molecule has 2 aromatic rings. The molecular formula is C17H15N3O2. The van der Waals surface area contributed by atoms with Crippen molar-refractivity contribution >= 4 is 17.8 Å². The Morgan fingerprint density at radius 1 is 1.32 bits per heavy atom. The van der Waals surface area contributed by atoms with E-state index in [1.165, 1.54) is 6.21 Å². The van der Waals surface area contributed by atoms with Crippen molar-refractivity contribution in [2.45, 2.75) is 0 Å². The lowest BCUT2D eigenvalue weighted by atomic mass is 10.2. The first-order chi connectivity index (χ1) is 10.7. The largest absolute Gasteiger partial charge is 0.481 e. The zero-order valence-electron chi connectivity index (χ0n) is 11.8. The van der Waals surface area contributed by atoms with Gasteiger partial charge in [0, 0.05) is 5.69 Å². The normalized spacial score (nSPS) is 10.1. The summed E-state index contributed by atoms with van der Waals surface area (Å²) in [7, 11) is 0. The standard InChI is InChI=1S/C17H15N3O2/c1-2-10-22-14-7-5-6-13(11-14)12-19-20-17(21)15-8-3-4-9-16(15)18/h1,3-9,11-12H,10,18H2,(H,20,21)/b19-12+. The van der Waals surface area contributed by atoms with E-state index >= 15 is 0 Å². The Kier molecular flexibility index (Phi) is 5.16. The number of carbonyl (C=O) groups is 1. The second-order valence-corrected chi connectivity index (χ2v) is 4.35. The summed E-state index contributed by atoms with van der Waals surface area (Å²) in [4.78, 5) is 11.9. The fraction of sp³-hybridized carbons (Fsp3) is 0.0588. The third-order valence-corrected chi connectivity index (χ3v) is 2.77. The zero-order valence-corrected chi connectivity index (χ0v) is 11.8. The number of nitrogens with zero attached hydrogens (tertiary/aromatic N) is 1. The first kappa shape index (κ1) is 15.1. The minimum absolute atomic E-state index is 0.199. The topological polar surface area (TPSA) is 76.7 Å². The fourth-order valence-corrected chi connectivity index (χ4v) is 1.74. The first-order valence-corrected chi connectivity index (χ1v) is 6.55. The molecule has 0 atom stereocenters. The molecule has 0 heterocycles. The molecule has 1 amide bonds. The number of nitrogens with two attached hydrogens (primary N) is 1. The number of hydrazone groups is 1. The van der Waals surface area contributed by atoms with Gasteiger partial charge in [0.05, 0.1) is 11.8 Å². The summed E-state index contributed by atoms with van der Waals surface area (Å²) >= 11 is 0. The number of carbonyl (C=O) groups excluding carboxylic acids is 1. The Morgan fingerprint density at radius 2 is 2.14 bits per heavy atom. The highest BCUT2D eigenvalue weighted by atomic mass is 16.5. The molecule has 5 nitrogen and oxygen atoms in total. The molecule has 0 bridgehead atoms. The maximum atomic E-state index is 11.9. The maximum absolute atomic E-state index is 11.9. The first-order valence-electron chi connectivity index (χ1n) is 6.55. The smallest absolute Gasteiger partial charge is 0.273 e. The molecule has 0 spiro atoms. The Balaban J connectivity index is 1.99. The molecule has 0 aromatic heterocycles. The zero-order chi connectivity index (χ0) is 15.8. The van der Waals surface area contributed by atoms with Crippen LogP contribution >= 0.6 is 0 Å². The Labute approximate surface area is 128 Å². The summed E-state index contributed by atoms with van der Waals surface area (Å²) in [6.07, 6.45) is 6.65. The van der Waals surface area contributed by atoms with Crippen molar-refractivity contribution in [3.63, 3.8) is 0 Å². The third kappa shape index (κ3) is 4.12. The molecule has 22 heavy (non-hydrogen) atoms. The van der Waals surface area contributed by atoms with E-state index in [9.17, 15) is 4.79 Å². The third-order valence-electron chi connectivity index (χ3n) is 2.77. The number of anilines is 1. The van der Waals surface area contributed by atoms with Gasteiger partial charge in [-0.2, -0.15) is 5.10 Å². The monoisotopic (exact) mass is 293 g/mol. The summed E-state index contributed by atoms with van der Waals surface area (Å²) in [5, 5.41) is 3.90. The van der Waals surface area contributed by atoms with Crippen LogP contribution in [0.2, 0.25) is 0 Å². The number of rotatable bonds is 5. The van der Waals surface area contributed by atoms with E-state index in [1.54, 1.807) is 36.4 Å². The Morgan fingerprint density at radius 3 is 2.91 bits per heavy atom. The molecule has 0 unspecified atom stereocenters. The number of nitrogens with one attached hydrogen (secondary N) is 1. The molecule has 2 rings (SSSR count). The van der Waals surface area contributed by atoms with Crippen molar-refractivity contribution in [3.05, 3.63) is 59.7 Å². The molecule has 0 aliphatic rings. The van der Waals surface area contributed by atoms with Gasteiger partial charge in [-0.25, -0.2) is 5.43 Å². The van der Waals surface area contributed by atoms with Gasteiger partial charge >= 0.3 is 0 Å². The highest BCUT2D eigenvalue weighted by molar-refractivity contribution is 5.99. The van der Waals surface area contributed by atoms with Gasteiger partial charge < -0.3 is 10.5 Å². The second kappa shape index (κ2) is 7.50. The molecule has 0 saturated heterocycles. The van der Waals surface area contributed by atoms with Crippen LogP contribution in [0.1, 0.15) is 15.9 Å². The van der Waals surface area contributed by atoms with E-state index in [2.05, 4.69) is 16.4 Å². The molecule has 0 fully saturated rings. The van der Waals surface area contributed by atoms with E-state index in [0.717, 1.165) is 5.56 Å². The highest BCUT2D eigenvalue weighted by Gasteiger charge is 2.06. The number of para-hydroxylation sites is 1. The Bertz CT molecular complexity index is 733. The predicted molar refractivity (Wildman–Crippen MR) is 86.7 cm³/mol.